The molecular formula is C25H22N4O3S. The predicted molar refractivity (Wildman–Crippen MR) is 129 cm³/mol. The summed E-state index contributed by atoms with van der Waals surface area (Å²) in [6.07, 6.45) is 1.88. The highest BCUT2D eigenvalue weighted by molar-refractivity contribution is 7.22. The van der Waals surface area contributed by atoms with E-state index in [9.17, 15) is 9.59 Å². The molecule has 1 aliphatic heterocycles. The number of benzene rings is 2. The molecule has 0 bridgehead atoms. The number of anilines is 2. The van der Waals surface area contributed by atoms with Gasteiger partial charge in [0.05, 0.1) is 35.5 Å². The molecule has 1 saturated heterocycles. The topological polar surface area (TPSA) is 75.6 Å². The Hall–Kier alpha value is -3.78. The maximum Gasteiger partial charge on any atom is 0.234 e. The number of fused-ring (bicyclic) bond motifs is 1. The molecule has 0 N–H and O–H groups in total. The van der Waals surface area contributed by atoms with Gasteiger partial charge in [0.1, 0.15) is 5.75 Å². The van der Waals surface area contributed by atoms with Gasteiger partial charge >= 0.3 is 0 Å². The molecule has 0 aliphatic carbocycles. The van der Waals surface area contributed by atoms with Crippen LogP contribution < -0.4 is 14.5 Å². The van der Waals surface area contributed by atoms with Crippen LogP contribution in [-0.2, 0) is 16.1 Å². The van der Waals surface area contributed by atoms with Gasteiger partial charge in [0, 0.05) is 30.9 Å². The van der Waals surface area contributed by atoms with E-state index in [1.807, 2.05) is 66.7 Å². The van der Waals surface area contributed by atoms with Crippen LogP contribution in [0.15, 0.2) is 72.9 Å². The normalized spacial score (nSPS) is 15.7. The summed E-state index contributed by atoms with van der Waals surface area (Å²) in [6, 6.07) is 20.7. The molecule has 1 unspecified atom stereocenters. The molecule has 33 heavy (non-hydrogen) atoms. The van der Waals surface area contributed by atoms with Crippen LogP contribution >= 0.6 is 11.3 Å². The van der Waals surface area contributed by atoms with Crippen molar-refractivity contribution in [1.29, 1.82) is 0 Å². The third-order valence-electron chi connectivity index (χ3n) is 5.67. The Kier molecular flexibility index (Phi) is 5.75. The van der Waals surface area contributed by atoms with E-state index in [2.05, 4.69) is 4.98 Å². The van der Waals surface area contributed by atoms with Crippen LogP contribution in [-0.4, -0.2) is 35.4 Å². The lowest BCUT2D eigenvalue weighted by Gasteiger charge is -2.23. The molecular weight excluding hydrogens is 436 g/mol. The number of para-hydroxylation sites is 1. The summed E-state index contributed by atoms with van der Waals surface area (Å²) in [5.41, 5.74) is 2.33. The highest BCUT2D eigenvalue weighted by atomic mass is 32.1. The van der Waals surface area contributed by atoms with E-state index in [0.29, 0.717) is 17.4 Å². The van der Waals surface area contributed by atoms with Crippen molar-refractivity contribution in [3.8, 4) is 5.75 Å². The lowest BCUT2D eigenvalue weighted by atomic mass is 10.1. The lowest BCUT2D eigenvalue weighted by Crippen LogP contribution is -2.37. The van der Waals surface area contributed by atoms with Gasteiger partial charge in [-0.25, -0.2) is 4.98 Å². The molecule has 0 saturated carbocycles. The third-order valence-corrected chi connectivity index (χ3v) is 6.73. The van der Waals surface area contributed by atoms with E-state index < -0.39 is 5.92 Å². The SMILES string of the molecule is COc1ccc2sc(N(Cc3ccccn3)C(=O)C3CC(=O)N(c4ccccc4)C3)nc2c1. The molecule has 166 valence electrons. The molecule has 3 heterocycles. The van der Waals surface area contributed by atoms with Gasteiger partial charge in [0.15, 0.2) is 5.13 Å². The van der Waals surface area contributed by atoms with E-state index in [4.69, 9.17) is 9.72 Å². The number of thiazole rings is 1. The second-order valence-electron chi connectivity index (χ2n) is 7.82. The zero-order valence-electron chi connectivity index (χ0n) is 18.0. The Morgan fingerprint density at radius 3 is 2.73 bits per heavy atom. The van der Waals surface area contributed by atoms with Crippen molar-refractivity contribution < 1.29 is 14.3 Å². The highest BCUT2D eigenvalue weighted by Gasteiger charge is 2.38. The average molecular weight is 459 g/mol. The number of methoxy groups -OCH3 is 1. The molecule has 2 amide bonds. The fourth-order valence-corrected chi connectivity index (χ4v) is 4.93. The van der Waals surface area contributed by atoms with Crippen LogP contribution in [0.5, 0.6) is 5.75 Å². The summed E-state index contributed by atoms with van der Waals surface area (Å²) in [6.45, 7) is 0.631. The highest BCUT2D eigenvalue weighted by Crippen LogP contribution is 2.34. The maximum atomic E-state index is 13.7. The molecule has 1 fully saturated rings. The number of pyridine rings is 1. The second kappa shape index (κ2) is 8.99. The van der Waals surface area contributed by atoms with Crippen molar-refractivity contribution in [1.82, 2.24) is 9.97 Å². The fourth-order valence-electron chi connectivity index (χ4n) is 3.98. The van der Waals surface area contributed by atoms with Crippen molar-refractivity contribution in [3.63, 3.8) is 0 Å². The number of amides is 2. The van der Waals surface area contributed by atoms with Crippen LogP contribution in [0.2, 0.25) is 0 Å². The standard InChI is InChI=1S/C25H22N4O3S/c1-32-20-10-11-22-21(14-20)27-25(33-22)29(16-18-7-5-6-12-26-18)24(31)17-13-23(30)28(15-17)19-8-3-2-4-9-19/h2-12,14,17H,13,15-16H2,1H3. The monoisotopic (exact) mass is 458 g/mol. The lowest BCUT2D eigenvalue weighted by molar-refractivity contribution is -0.124. The quantitative estimate of drug-likeness (QED) is 0.431. The fraction of sp³-hybridized carbons (Fsp3) is 0.200. The summed E-state index contributed by atoms with van der Waals surface area (Å²) >= 11 is 1.44. The number of nitrogens with zero attached hydrogens (tertiary/aromatic N) is 4. The van der Waals surface area contributed by atoms with Crippen LogP contribution in [0, 0.1) is 5.92 Å². The smallest absolute Gasteiger partial charge is 0.234 e. The van der Waals surface area contributed by atoms with Crippen LogP contribution in [0.4, 0.5) is 10.8 Å². The van der Waals surface area contributed by atoms with Crippen LogP contribution in [0.25, 0.3) is 10.2 Å². The number of carbonyl (C=O) groups excluding carboxylic acids is 2. The summed E-state index contributed by atoms with van der Waals surface area (Å²) in [7, 11) is 1.61. The minimum Gasteiger partial charge on any atom is -0.497 e. The first-order chi connectivity index (χ1) is 16.1. The van der Waals surface area contributed by atoms with Crippen molar-refractivity contribution in [3.05, 3.63) is 78.6 Å². The molecule has 2 aromatic carbocycles. The van der Waals surface area contributed by atoms with Crippen molar-refractivity contribution in [2.75, 3.05) is 23.5 Å². The van der Waals surface area contributed by atoms with Gasteiger partial charge in [0.25, 0.3) is 0 Å². The van der Waals surface area contributed by atoms with E-state index in [0.717, 1.165) is 21.6 Å². The van der Waals surface area contributed by atoms with Crippen molar-refractivity contribution >= 4 is 44.2 Å². The van der Waals surface area contributed by atoms with Gasteiger partial charge < -0.3 is 9.64 Å². The summed E-state index contributed by atoms with van der Waals surface area (Å²) in [5.74, 6) is 0.0784. The van der Waals surface area contributed by atoms with Gasteiger partial charge in [-0.2, -0.15) is 0 Å². The molecule has 0 radical (unpaired) electrons. The zero-order valence-corrected chi connectivity index (χ0v) is 18.9. The Morgan fingerprint density at radius 2 is 1.97 bits per heavy atom. The molecule has 1 atom stereocenters. The summed E-state index contributed by atoms with van der Waals surface area (Å²) < 4.78 is 6.27. The van der Waals surface area contributed by atoms with Gasteiger partial charge in [0.2, 0.25) is 11.8 Å². The van der Waals surface area contributed by atoms with Crippen LogP contribution in [0.1, 0.15) is 12.1 Å². The van der Waals surface area contributed by atoms with Gasteiger partial charge in [-0.15, -0.1) is 0 Å². The van der Waals surface area contributed by atoms with E-state index in [1.54, 1.807) is 23.1 Å². The summed E-state index contributed by atoms with van der Waals surface area (Å²) in [4.78, 5) is 38.9. The van der Waals surface area contributed by atoms with E-state index in [-0.39, 0.29) is 24.8 Å². The number of aromatic nitrogens is 2. The first kappa shape index (κ1) is 21.1. The molecule has 1 aliphatic rings. The summed E-state index contributed by atoms with van der Waals surface area (Å²) in [5, 5.41) is 0.583. The zero-order chi connectivity index (χ0) is 22.8. The van der Waals surface area contributed by atoms with E-state index in [1.165, 1.54) is 11.3 Å². The number of hydrogen-bond donors (Lipinski definition) is 0. The molecule has 0 spiro atoms. The Bertz CT molecular complexity index is 1290. The third kappa shape index (κ3) is 4.29. The van der Waals surface area contributed by atoms with Gasteiger partial charge in [-0.05, 0) is 36.4 Å². The number of ether oxygens (including phenoxy) is 1. The minimum atomic E-state index is -0.456. The molecule has 2 aromatic heterocycles. The Labute approximate surface area is 195 Å². The number of hydrogen-bond acceptors (Lipinski definition) is 6. The average Bonchev–Trinajstić information content (AvgIpc) is 3.46. The second-order valence-corrected chi connectivity index (χ2v) is 8.83. The molecule has 7 nitrogen and oxygen atoms in total. The van der Waals surface area contributed by atoms with Gasteiger partial charge in [-0.3, -0.25) is 19.5 Å². The Balaban J connectivity index is 1.47. The maximum absolute atomic E-state index is 13.7. The Morgan fingerprint density at radius 1 is 1.15 bits per heavy atom. The minimum absolute atomic E-state index is 0.0497. The molecule has 8 heteroatoms. The number of carbonyl (C=O) groups is 2. The predicted octanol–water partition coefficient (Wildman–Crippen LogP) is 4.29. The van der Waals surface area contributed by atoms with Crippen molar-refractivity contribution in [2.45, 2.75) is 13.0 Å². The van der Waals surface area contributed by atoms with Crippen LogP contribution in [0.3, 0.4) is 0 Å². The number of rotatable bonds is 6. The van der Waals surface area contributed by atoms with Gasteiger partial charge in [-0.1, -0.05) is 35.6 Å². The largest absolute Gasteiger partial charge is 0.497 e. The van der Waals surface area contributed by atoms with Crippen molar-refractivity contribution in [2.24, 2.45) is 5.92 Å². The first-order valence-corrected chi connectivity index (χ1v) is 11.5. The van der Waals surface area contributed by atoms with E-state index >= 15 is 0 Å². The molecule has 5 rings (SSSR count). The first-order valence-electron chi connectivity index (χ1n) is 10.6. The molecule has 4 aromatic rings.